The lowest BCUT2D eigenvalue weighted by atomic mass is 10.00. The minimum Gasteiger partial charge on any atom is -0.489 e. The zero-order valence-corrected chi connectivity index (χ0v) is 15.0. The standard InChI is InChI=1S/C20H20N2O5/c1-11(2)27-17-7-4-14(20(25)26)10-16(17)22-19(24)13-3-6-15-12(9-13)5-8-18(23)21-15/h3-4,6-7,9-11H,5,8H2,1-2H3,(H,21,23)(H,22,24)(H,25,26). The van der Waals surface area contributed by atoms with Gasteiger partial charge >= 0.3 is 5.97 Å². The number of carboxylic acids is 1. The molecule has 2 amide bonds. The molecule has 3 N–H and O–H groups in total. The molecular weight excluding hydrogens is 348 g/mol. The molecule has 2 aromatic rings. The Labute approximate surface area is 156 Å². The van der Waals surface area contributed by atoms with Crippen LogP contribution in [0.3, 0.4) is 0 Å². The van der Waals surface area contributed by atoms with E-state index in [1.165, 1.54) is 18.2 Å². The Hall–Kier alpha value is -3.35. The molecule has 0 saturated heterocycles. The van der Waals surface area contributed by atoms with Gasteiger partial charge < -0.3 is 20.5 Å². The largest absolute Gasteiger partial charge is 0.489 e. The van der Waals surface area contributed by atoms with Gasteiger partial charge in [0.25, 0.3) is 5.91 Å². The summed E-state index contributed by atoms with van der Waals surface area (Å²) in [4.78, 5) is 35.4. The van der Waals surface area contributed by atoms with E-state index in [9.17, 15) is 19.5 Å². The lowest BCUT2D eigenvalue weighted by Gasteiger charge is -2.18. The normalized spacial score (nSPS) is 12.9. The van der Waals surface area contributed by atoms with E-state index in [0.29, 0.717) is 35.5 Å². The Morgan fingerprint density at radius 2 is 1.85 bits per heavy atom. The van der Waals surface area contributed by atoms with Gasteiger partial charge in [0.1, 0.15) is 5.75 Å². The van der Waals surface area contributed by atoms with E-state index in [1.54, 1.807) is 18.2 Å². The molecular formula is C20H20N2O5. The molecule has 0 atom stereocenters. The number of hydrogen-bond acceptors (Lipinski definition) is 4. The van der Waals surface area contributed by atoms with Gasteiger partial charge in [0.05, 0.1) is 17.4 Å². The molecule has 1 aliphatic rings. The molecule has 0 aliphatic carbocycles. The number of rotatable bonds is 5. The van der Waals surface area contributed by atoms with Gasteiger partial charge in [0, 0.05) is 17.7 Å². The second kappa shape index (κ2) is 7.49. The first-order valence-electron chi connectivity index (χ1n) is 8.61. The monoisotopic (exact) mass is 368 g/mol. The van der Waals surface area contributed by atoms with Crippen LogP contribution in [0.5, 0.6) is 5.75 Å². The van der Waals surface area contributed by atoms with E-state index in [4.69, 9.17) is 4.74 Å². The van der Waals surface area contributed by atoms with E-state index >= 15 is 0 Å². The molecule has 140 valence electrons. The third-order valence-corrected chi connectivity index (χ3v) is 4.10. The van der Waals surface area contributed by atoms with Crippen LogP contribution in [0.25, 0.3) is 0 Å². The number of carbonyl (C=O) groups is 3. The Balaban J connectivity index is 1.87. The first-order valence-corrected chi connectivity index (χ1v) is 8.61. The second-order valence-electron chi connectivity index (χ2n) is 6.56. The highest BCUT2D eigenvalue weighted by Gasteiger charge is 2.18. The Morgan fingerprint density at radius 3 is 2.56 bits per heavy atom. The van der Waals surface area contributed by atoms with Gasteiger partial charge in [-0.05, 0) is 62.2 Å². The summed E-state index contributed by atoms with van der Waals surface area (Å²) in [6, 6.07) is 9.37. The molecule has 1 aliphatic heterocycles. The van der Waals surface area contributed by atoms with Crippen LogP contribution < -0.4 is 15.4 Å². The zero-order chi connectivity index (χ0) is 19.6. The summed E-state index contributed by atoms with van der Waals surface area (Å²) < 4.78 is 5.66. The third kappa shape index (κ3) is 4.25. The molecule has 27 heavy (non-hydrogen) atoms. The number of aryl methyl sites for hydroxylation is 1. The maximum atomic E-state index is 12.7. The summed E-state index contributed by atoms with van der Waals surface area (Å²) in [7, 11) is 0. The van der Waals surface area contributed by atoms with Crippen LogP contribution in [0.4, 0.5) is 11.4 Å². The number of ether oxygens (including phenoxy) is 1. The number of hydrogen-bond donors (Lipinski definition) is 3. The summed E-state index contributed by atoms with van der Waals surface area (Å²) in [6.45, 7) is 3.68. The first-order chi connectivity index (χ1) is 12.8. The number of benzene rings is 2. The van der Waals surface area contributed by atoms with Gasteiger partial charge in [0.2, 0.25) is 5.91 Å². The Morgan fingerprint density at radius 1 is 1.11 bits per heavy atom. The van der Waals surface area contributed by atoms with Gasteiger partial charge in [-0.25, -0.2) is 4.79 Å². The fourth-order valence-corrected chi connectivity index (χ4v) is 2.84. The number of anilines is 2. The number of fused-ring (bicyclic) bond motifs is 1. The SMILES string of the molecule is CC(C)Oc1ccc(C(=O)O)cc1NC(=O)c1ccc2c(c1)CCC(=O)N2. The summed E-state index contributed by atoms with van der Waals surface area (Å²) in [5, 5.41) is 14.7. The number of carboxylic acid groups (broad SMARTS) is 1. The van der Waals surface area contributed by atoms with E-state index < -0.39 is 5.97 Å². The fraction of sp³-hybridized carbons (Fsp3) is 0.250. The van der Waals surface area contributed by atoms with Crippen molar-refractivity contribution in [3.05, 3.63) is 53.1 Å². The molecule has 0 unspecified atom stereocenters. The van der Waals surface area contributed by atoms with Crippen molar-refractivity contribution in [2.75, 3.05) is 10.6 Å². The van der Waals surface area contributed by atoms with Gasteiger partial charge in [-0.3, -0.25) is 9.59 Å². The Bertz CT molecular complexity index is 921. The van der Waals surface area contributed by atoms with E-state index in [1.807, 2.05) is 13.8 Å². The second-order valence-corrected chi connectivity index (χ2v) is 6.56. The zero-order valence-electron chi connectivity index (χ0n) is 15.0. The van der Waals surface area contributed by atoms with Crippen LogP contribution in [0.15, 0.2) is 36.4 Å². The summed E-state index contributed by atoms with van der Waals surface area (Å²) in [5.74, 6) is -1.12. The van der Waals surface area contributed by atoms with Gasteiger partial charge in [0.15, 0.2) is 0 Å². The van der Waals surface area contributed by atoms with Crippen molar-refractivity contribution < 1.29 is 24.2 Å². The van der Waals surface area contributed by atoms with Crippen molar-refractivity contribution in [3.63, 3.8) is 0 Å². The van der Waals surface area contributed by atoms with Crippen molar-refractivity contribution in [2.24, 2.45) is 0 Å². The van der Waals surface area contributed by atoms with Crippen molar-refractivity contribution in [1.29, 1.82) is 0 Å². The molecule has 1 heterocycles. The van der Waals surface area contributed by atoms with E-state index in [2.05, 4.69) is 10.6 Å². The average molecular weight is 368 g/mol. The van der Waals surface area contributed by atoms with Crippen molar-refractivity contribution >= 4 is 29.2 Å². The van der Waals surface area contributed by atoms with E-state index in [-0.39, 0.29) is 23.5 Å². The third-order valence-electron chi connectivity index (χ3n) is 4.10. The predicted octanol–water partition coefficient (Wildman–Crippen LogP) is 3.31. The molecule has 7 nitrogen and oxygen atoms in total. The molecule has 0 radical (unpaired) electrons. The van der Waals surface area contributed by atoms with Crippen molar-refractivity contribution in [2.45, 2.75) is 32.8 Å². The van der Waals surface area contributed by atoms with Crippen molar-refractivity contribution in [3.8, 4) is 5.75 Å². The molecule has 0 saturated carbocycles. The number of aromatic carboxylic acids is 1. The number of amides is 2. The smallest absolute Gasteiger partial charge is 0.335 e. The van der Waals surface area contributed by atoms with Crippen LogP contribution in [-0.4, -0.2) is 29.0 Å². The van der Waals surface area contributed by atoms with Gasteiger partial charge in [-0.15, -0.1) is 0 Å². The number of nitrogens with one attached hydrogen (secondary N) is 2. The van der Waals surface area contributed by atoms with Crippen LogP contribution in [0.1, 0.15) is 46.5 Å². The topological polar surface area (TPSA) is 105 Å². The molecule has 0 bridgehead atoms. The van der Waals surface area contributed by atoms with Crippen LogP contribution in [0.2, 0.25) is 0 Å². The quantitative estimate of drug-likeness (QED) is 0.751. The molecule has 0 aromatic heterocycles. The highest BCUT2D eigenvalue weighted by Crippen LogP contribution is 2.29. The molecule has 0 fully saturated rings. The molecule has 0 spiro atoms. The van der Waals surface area contributed by atoms with Gasteiger partial charge in [-0.2, -0.15) is 0 Å². The summed E-state index contributed by atoms with van der Waals surface area (Å²) >= 11 is 0. The maximum absolute atomic E-state index is 12.7. The molecule has 2 aromatic carbocycles. The maximum Gasteiger partial charge on any atom is 0.335 e. The van der Waals surface area contributed by atoms with Crippen molar-refractivity contribution in [1.82, 2.24) is 0 Å². The van der Waals surface area contributed by atoms with E-state index in [0.717, 1.165) is 5.56 Å². The van der Waals surface area contributed by atoms with Crippen LogP contribution in [0, 0.1) is 0 Å². The highest BCUT2D eigenvalue weighted by molar-refractivity contribution is 6.06. The van der Waals surface area contributed by atoms with Gasteiger partial charge in [-0.1, -0.05) is 0 Å². The summed E-state index contributed by atoms with van der Waals surface area (Å²) in [5.41, 5.74) is 2.36. The lowest BCUT2D eigenvalue weighted by molar-refractivity contribution is -0.116. The van der Waals surface area contributed by atoms with Crippen LogP contribution in [-0.2, 0) is 11.2 Å². The fourth-order valence-electron chi connectivity index (χ4n) is 2.84. The Kier molecular flexibility index (Phi) is 5.12. The molecule has 7 heteroatoms. The molecule has 3 rings (SSSR count). The predicted molar refractivity (Wildman–Crippen MR) is 101 cm³/mol. The highest BCUT2D eigenvalue weighted by atomic mass is 16.5. The minimum absolute atomic E-state index is 0.0411. The minimum atomic E-state index is -1.09. The number of carbonyl (C=O) groups excluding carboxylic acids is 2. The van der Waals surface area contributed by atoms with Crippen LogP contribution >= 0.6 is 0 Å². The first kappa shape index (κ1) is 18.4. The summed E-state index contributed by atoms with van der Waals surface area (Å²) in [6.07, 6.45) is 0.813. The lowest BCUT2D eigenvalue weighted by Crippen LogP contribution is -2.20. The average Bonchev–Trinajstić information content (AvgIpc) is 2.62.